The van der Waals surface area contributed by atoms with E-state index in [0.717, 1.165) is 12.8 Å². The fraction of sp³-hybridized carbons (Fsp3) is 0.500. The lowest BCUT2D eigenvalue weighted by Crippen LogP contribution is -2.21. The van der Waals surface area contributed by atoms with E-state index in [2.05, 4.69) is 9.72 Å². The highest BCUT2D eigenvalue weighted by Gasteiger charge is 2.55. The molecule has 0 saturated heterocycles. The van der Waals surface area contributed by atoms with Crippen molar-refractivity contribution >= 4 is 5.97 Å². The second kappa shape index (κ2) is 2.33. The first-order valence-corrected chi connectivity index (χ1v) is 3.77. The van der Waals surface area contributed by atoms with Crippen molar-refractivity contribution < 1.29 is 13.9 Å². The van der Waals surface area contributed by atoms with Gasteiger partial charge in [0.1, 0.15) is 11.2 Å². The molecule has 0 amide bonds. The lowest BCUT2D eigenvalue weighted by molar-refractivity contribution is -0.144. The summed E-state index contributed by atoms with van der Waals surface area (Å²) in [5.74, 6) is 0.397. The molecule has 1 aliphatic carbocycles. The zero-order valence-electron chi connectivity index (χ0n) is 6.74. The van der Waals surface area contributed by atoms with Gasteiger partial charge in [-0.15, -0.1) is 0 Å². The Balaban J connectivity index is 2.28. The molecule has 12 heavy (non-hydrogen) atoms. The van der Waals surface area contributed by atoms with E-state index in [9.17, 15) is 4.79 Å². The Morgan fingerprint density at radius 2 is 2.50 bits per heavy atom. The van der Waals surface area contributed by atoms with Crippen molar-refractivity contribution in [2.45, 2.75) is 18.3 Å². The summed E-state index contributed by atoms with van der Waals surface area (Å²) in [4.78, 5) is 15.1. The number of rotatable bonds is 2. The van der Waals surface area contributed by atoms with E-state index >= 15 is 0 Å². The maximum Gasteiger partial charge on any atom is 0.319 e. The number of aromatic nitrogens is 1. The number of nitrogens with zero attached hydrogens (tertiary/aromatic N) is 1. The van der Waals surface area contributed by atoms with Gasteiger partial charge in [0, 0.05) is 0 Å². The molecule has 0 bridgehead atoms. The number of ether oxygens (including phenoxy) is 1. The molecule has 1 heterocycles. The molecule has 1 saturated carbocycles. The minimum absolute atomic E-state index is 0.223. The van der Waals surface area contributed by atoms with Gasteiger partial charge in [-0.2, -0.15) is 0 Å². The average molecular weight is 167 g/mol. The summed E-state index contributed by atoms with van der Waals surface area (Å²) >= 11 is 0. The van der Waals surface area contributed by atoms with Crippen molar-refractivity contribution in [2.24, 2.45) is 0 Å². The van der Waals surface area contributed by atoms with E-state index in [1.165, 1.54) is 13.5 Å². The van der Waals surface area contributed by atoms with Gasteiger partial charge < -0.3 is 9.15 Å². The molecule has 1 fully saturated rings. The van der Waals surface area contributed by atoms with Gasteiger partial charge in [-0.05, 0) is 12.8 Å². The molecule has 64 valence electrons. The second-order valence-corrected chi connectivity index (χ2v) is 2.94. The van der Waals surface area contributed by atoms with Crippen molar-refractivity contribution in [3.05, 3.63) is 18.4 Å². The number of carbonyl (C=O) groups excluding carboxylic acids is 1. The van der Waals surface area contributed by atoms with Crippen LogP contribution in [0.15, 0.2) is 17.0 Å². The van der Waals surface area contributed by atoms with Crippen molar-refractivity contribution in [1.82, 2.24) is 4.98 Å². The third kappa shape index (κ3) is 0.841. The summed E-state index contributed by atoms with van der Waals surface area (Å²) in [6.45, 7) is 0. The Morgan fingerprint density at radius 3 is 2.92 bits per heavy atom. The van der Waals surface area contributed by atoms with Gasteiger partial charge in [-0.25, -0.2) is 4.98 Å². The standard InChI is InChI=1S/C8H9NO3/c1-11-7(10)8(2-3-8)6-4-9-5-12-6/h4-5H,2-3H2,1H3. The summed E-state index contributed by atoms with van der Waals surface area (Å²) in [7, 11) is 1.39. The largest absolute Gasteiger partial charge is 0.468 e. The molecule has 0 radical (unpaired) electrons. The van der Waals surface area contributed by atoms with E-state index in [1.807, 2.05) is 0 Å². The Labute approximate surface area is 69.5 Å². The van der Waals surface area contributed by atoms with Gasteiger partial charge in [0.15, 0.2) is 6.39 Å². The molecular formula is C8H9NO3. The van der Waals surface area contributed by atoms with Crippen molar-refractivity contribution in [2.75, 3.05) is 7.11 Å². The Morgan fingerprint density at radius 1 is 1.75 bits per heavy atom. The summed E-state index contributed by atoms with van der Waals surface area (Å²) in [5.41, 5.74) is -0.509. The molecule has 1 aromatic rings. The van der Waals surface area contributed by atoms with E-state index in [1.54, 1.807) is 6.20 Å². The number of carbonyl (C=O) groups is 1. The van der Waals surface area contributed by atoms with Crippen molar-refractivity contribution in [1.29, 1.82) is 0 Å². The third-order valence-corrected chi connectivity index (χ3v) is 2.23. The van der Waals surface area contributed by atoms with Gasteiger partial charge in [0.05, 0.1) is 13.3 Å². The van der Waals surface area contributed by atoms with Crippen LogP contribution in [-0.4, -0.2) is 18.1 Å². The molecule has 0 aromatic carbocycles. The molecule has 0 N–H and O–H groups in total. The SMILES string of the molecule is COC(=O)C1(c2cnco2)CC1. The first-order chi connectivity index (χ1) is 5.79. The van der Waals surface area contributed by atoms with Crippen LogP contribution < -0.4 is 0 Å². The molecule has 0 spiro atoms. The van der Waals surface area contributed by atoms with Gasteiger partial charge in [-0.1, -0.05) is 0 Å². The number of oxazole rings is 1. The molecule has 0 aliphatic heterocycles. The minimum atomic E-state index is -0.509. The van der Waals surface area contributed by atoms with Crippen LogP contribution in [0.3, 0.4) is 0 Å². The smallest absolute Gasteiger partial charge is 0.319 e. The lowest BCUT2D eigenvalue weighted by Gasteiger charge is -2.07. The third-order valence-electron chi connectivity index (χ3n) is 2.23. The highest BCUT2D eigenvalue weighted by molar-refractivity contribution is 5.85. The molecular weight excluding hydrogens is 158 g/mol. The number of hydrogen-bond acceptors (Lipinski definition) is 4. The Bertz CT molecular complexity index is 287. The quantitative estimate of drug-likeness (QED) is 0.613. The highest BCUT2D eigenvalue weighted by atomic mass is 16.5. The highest BCUT2D eigenvalue weighted by Crippen LogP contribution is 2.48. The molecule has 4 nitrogen and oxygen atoms in total. The van der Waals surface area contributed by atoms with Crippen molar-refractivity contribution in [3.63, 3.8) is 0 Å². The lowest BCUT2D eigenvalue weighted by atomic mass is 10.1. The minimum Gasteiger partial charge on any atom is -0.468 e. The summed E-state index contributed by atoms with van der Waals surface area (Å²) < 4.78 is 9.75. The maximum atomic E-state index is 11.3. The molecule has 1 aliphatic rings. The predicted octanol–water partition coefficient (Wildman–Crippen LogP) is 0.879. The molecule has 0 unspecified atom stereocenters. The van der Waals surface area contributed by atoms with Crippen LogP contribution in [0.5, 0.6) is 0 Å². The number of methoxy groups -OCH3 is 1. The first kappa shape index (κ1) is 7.34. The Hall–Kier alpha value is -1.32. The van der Waals surface area contributed by atoms with Gasteiger partial charge in [-0.3, -0.25) is 4.79 Å². The fourth-order valence-corrected chi connectivity index (χ4v) is 1.32. The van der Waals surface area contributed by atoms with Crippen LogP contribution in [0.25, 0.3) is 0 Å². The van der Waals surface area contributed by atoms with Crippen LogP contribution in [-0.2, 0) is 14.9 Å². The molecule has 4 heteroatoms. The van der Waals surface area contributed by atoms with E-state index < -0.39 is 5.41 Å². The first-order valence-electron chi connectivity index (χ1n) is 3.77. The Kier molecular flexibility index (Phi) is 1.43. The fourth-order valence-electron chi connectivity index (χ4n) is 1.32. The molecule has 0 atom stereocenters. The zero-order chi connectivity index (χ0) is 8.60. The van der Waals surface area contributed by atoms with Crippen LogP contribution in [0.1, 0.15) is 18.6 Å². The topological polar surface area (TPSA) is 52.3 Å². The summed E-state index contributed by atoms with van der Waals surface area (Å²) in [6, 6.07) is 0. The number of hydrogen-bond donors (Lipinski definition) is 0. The van der Waals surface area contributed by atoms with E-state index in [-0.39, 0.29) is 5.97 Å². The van der Waals surface area contributed by atoms with Gasteiger partial charge >= 0.3 is 5.97 Å². The summed E-state index contributed by atoms with van der Waals surface area (Å²) in [5, 5.41) is 0. The van der Waals surface area contributed by atoms with E-state index in [0.29, 0.717) is 5.76 Å². The average Bonchev–Trinajstić information content (AvgIpc) is 2.73. The van der Waals surface area contributed by atoms with Crippen molar-refractivity contribution in [3.8, 4) is 0 Å². The predicted molar refractivity (Wildman–Crippen MR) is 39.4 cm³/mol. The maximum absolute atomic E-state index is 11.3. The normalized spacial score (nSPS) is 18.8. The van der Waals surface area contributed by atoms with Crippen LogP contribution in [0.2, 0.25) is 0 Å². The van der Waals surface area contributed by atoms with E-state index in [4.69, 9.17) is 4.42 Å². The van der Waals surface area contributed by atoms with Crippen LogP contribution in [0.4, 0.5) is 0 Å². The van der Waals surface area contributed by atoms with Gasteiger partial charge in [0.2, 0.25) is 0 Å². The van der Waals surface area contributed by atoms with Gasteiger partial charge in [0.25, 0.3) is 0 Å². The summed E-state index contributed by atoms with van der Waals surface area (Å²) in [6.07, 6.45) is 4.51. The van der Waals surface area contributed by atoms with Crippen LogP contribution in [0, 0.1) is 0 Å². The zero-order valence-corrected chi connectivity index (χ0v) is 6.74. The number of esters is 1. The molecule has 1 aromatic heterocycles. The van der Waals surface area contributed by atoms with Crippen LogP contribution >= 0.6 is 0 Å². The monoisotopic (exact) mass is 167 g/mol. The second-order valence-electron chi connectivity index (χ2n) is 2.94. The molecule has 2 rings (SSSR count).